The Morgan fingerprint density at radius 2 is 1.55 bits per heavy atom. The summed E-state index contributed by atoms with van der Waals surface area (Å²) in [6.45, 7) is 19.6. The van der Waals surface area contributed by atoms with Crippen LogP contribution in [0.5, 0.6) is 0 Å². The molecular formula is C43H52O6. The van der Waals surface area contributed by atoms with E-state index in [4.69, 9.17) is 14.2 Å². The summed E-state index contributed by atoms with van der Waals surface area (Å²) in [5.41, 5.74) is 7.11. The maximum Gasteiger partial charge on any atom is 0.316 e. The van der Waals surface area contributed by atoms with E-state index in [1.807, 2.05) is 13.8 Å². The lowest BCUT2D eigenvalue weighted by Gasteiger charge is -2.58. The van der Waals surface area contributed by atoms with Crippen LogP contribution in [0.25, 0.3) is 11.1 Å². The summed E-state index contributed by atoms with van der Waals surface area (Å²) in [6, 6.07) is 16.1. The molecule has 2 saturated heterocycles. The summed E-state index contributed by atoms with van der Waals surface area (Å²) in [7, 11) is 1.39. The molecule has 0 bridgehead atoms. The molecule has 0 N–H and O–H groups in total. The van der Waals surface area contributed by atoms with Crippen LogP contribution < -0.4 is 0 Å². The smallest absolute Gasteiger partial charge is 0.316 e. The van der Waals surface area contributed by atoms with Crippen molar-refractivity contribution in [3.63, 3.8) is 0 Å². The Bertz CT molecular complexity index is 1750. The minimum atomic E-state index is -0.953. The molecule has 49 heavy (non-hydrogen) atoms. The second kappa shape index (κ2) is 11.2. The fourth-order valence-electron chi connectivity index (χ4n) is 9.99. The van der Waals surface area contributed by atoms with Gasteiger partial charge in [0.25, 0.3) is 0 Å². The Hall–Kier alpha value is -3.51. The number of ketones is 1. The average Bonchev–Trinajstić information content (AvgIpc) is 3.52. The van der Waals surface area contributed by atoms with Crippen molar-refractivity contribution in [3.8, 4) is 11.1 Å². The molecule has 260 valence electrons. The van der Waals surface area contributed by atoms with Crippen LogP contribution in [0.15, 0.2) is 65.8 Å². The largest absolute Gasteiger partial charge is 0.469 e. The molecule has 6 nitrogen and oxygen atoms in total. The zero-order valence-electron chi connectivity index (χ0n) is 30.8. The average molecular weight is 665 g/mol. The van der Waals surface area contributed by atoms with E-state index >= 15 is 0 Å². The van der Waals surface area contributed by atoms with Gasteiger partial charge in [0.1, 0.15) is 6.10 Å². The van der Waals surface area contributed by atoms with Gasteiger partial charge in [0.05, 0.1) is 24.7 Å². The number of benzene rings is 2. The number of fused-ring (bicyclic) bond motifs is 3. The minimum absolute atomic E-state index is 0.0425. The van der Waals surface area contributed by atoms with Gasteiger partial charge in [-0.15, -0.1) is 0 Å². The molecular weight excluding hydrogens is 612 g/mol. The molecule has 6 heteroatoms. The number of rotatable bonds is 4. The number of hydrogen-bond donors (Lipinski definition) is 0. The maximum absolute atomic E-state index is 13.8. The molecule has 0 spiro atoms. The highest BCUT2D eigenvalue weighted by Crippen LogP contribution is 2.66. The molecule has 0 aromatic heterocycles. The lowest BCUT2D eigenvalue weighted by molar-refractivity contribution is -0.204. The second-order valence-corrected chi connectivity index (χ2v) is 17.9. The van der Waals surface area contributed by atoms with E-state index in [-0.39, 0.29) is 58.8 Å². The molecule has 2 aromatic rings. The Labute approximate surface area is 291 Å². The number of ether oxygens (including phenoxy) is 3. The Balaban J connectivity index is 1.22. The van der Waals surface area contributed by atoms with E-state index in [9.17, 15) is 14.4 Å². The van der Waals surface area contributed by atoms with Crippen molar-refractivity contribution in [2.75, 3.05) is 7.11 Å². The molecule has 0 amide bonds. The van der Waals surface area contributed by atoms with E-state index in [1.165, 1.54) is 46.1 Å². The highest BCUT2D eigenvalue weighted by Gasteiger charge is 2.73. The molecule has 2 heterocycles. The van der Waals surface area contributed by atoms with Crippen LogP contribution in [0.1, 0.15) is 104 Å². The quantitative estimate of drug-likeness (QED) is 0.241. The first kappa shape index (κ1) is 34.0. The van der Waals surface area contributed by atoms with Crippen LogP contribution in [0.4, 0.5) is 0 Å². The molecule has 5 aliphatic rings. The van der Waals surface area contributed by atoms with Crippen molar-refractivity contribution >= 4 is 17.7 Å². The van der Waals surface area contributed by atoms with Crippen LogP contribution in [-0.2, 0) is 39.4 Å². The van der Waals surface area contributed by atoms with Gasteiger partial charge in [0.2, 0.25) is 0 Å². The lowest BCUT2D eigenvalue weighted by Crippen LogP contribution is -2.65. The highest BCUT2D eigenvalue weighted by atomic mass is 16.6. The number of esters is 2. The minimum Gasteiger partial charge on any atom is -0.469 e. The van der Waals surface area contributed by atoms with Gasteiger partial charge in [0, 0.05) is 23.7 Å². The van der Waals surface area contributed by atoms with Gasteiger partial charge in [-0.1, -0.05) is 103 Å². The third kappa shape index (κ3) is 5.18. The topological polar surface area (TPSA) is 78.9 Å². The van der Waals surface area contributed by atoms with Gasteiger partial charge in [0.15, 0.2) is 5.78 Å². The number of carbonyl (C=O) groups excluding carboxylic acids is 3. The van der Waals surface area contributed by atoms with Crippen molar-refractivity contribution in [3.05, 3.63) is 82.5 Å². The summed E-state index contributed by atoms with van der Waals surface area (Å²) in [6.07, 6.45) is 3.84. The van der Waals surface area contributed by atoms with Gasteiger partial charge in [-0.25, -0.2) is 0 Å². The number of hydrogen-bond acceptors (Lipinski definition) is 6. The summed E-state index contributed by atoms with van der Waals surface area (Å²) in [4.78, 5) is 40.1. The molecule has 7 rings (SSSR count). The molecule has 0 radical (unpaired) electrons. The molecule has 2 aliphatic heterocycles. The second-order valence-electron chi connectivity index (χ2n) is 17.9. The SMILES string of the molecule is COC(=O)C[C@H]1[C@@H]2CC3=C(C)[C@H](c4ccc(-c5cc(C(C)(C)C)cc(C(C)(C)C)c5)cc4)C[C@H]3O[C@@H]2[C@@H]2OC(=O)[C@]3(C)C=CC(=O)[C@@]1(C)[C@@H]23. The summed E-state index contributed by atoms with van der Waals surface area (Å²) >= 11 is 0. The fraction of sp³-hybridized carbons (Fsp3) is 0.558. The normalized spacial score (nSPS) is 35.1. The summed E-state index contributed by atoms with van der Waals surface area (Å²) in [5.74, 6) is -1.44. The van der Waals surface area contributed by atoms with E-state index in [1.54, 1.807) is 12.2 Å². The van der Waals surface area contributed by atoms with Crippen LogP contribution in [0, 0.1) is 28.6 Å². The van der Waals surface area contributed by atoms with Crippen molar-refractivity contribution in [1.82, 2.24) is 0 Å². The number of allylic oxidation sites excluding steroid dienone is 2. The number of carbonyl (C=O) groups is 3. The first-order valence-electron chi connectivity index (χ1n) is 18.0. The third-order valence-corrected chi connectivity index (χ3v) is 13.0. The van der Waals surface area contributed by atoms with Crippen molar-refractivity contribution in [2.24, 2.45) is 28.6 Å². The molecule has 9 atom stereocenters. The summed E-state index contributed by atoms with van der Waals surface area (Å²) in [5, 5.41) is 0. The van der Waals surface area contributed by atoms with Crippen molar-refractivity contribution < 1.29 is 28.6 Å². The maximum atomic E-state index is 13.8. The third-order valence-electron chi connectivity index (χ3n) is 13.0. The highest BCUT2D eigenvalue weighted by molar-refractivity contribution is 6.00. The van der Waals surface area contributed by atoms with E-state index in [2.05, 4.69) is 90.9 Å². The Morgan fingerprint density at radius 1 is 0.918 bits per heavy atom. The van der Waals surface area contributed by atoms with Crippen LogP contribution in [0.2, 0.25) is 0 Å². The molecule has 1 saturated carbocycles. The fourth-order valence-corrected chi connectivity index (χ4v) is 9.99. The zero-order chi connectivity index (χ0) is 35.4. The van der Waals surface area contributed by atoms with E-state index in [0.717, 1.165) is 6.42 Å². The molecule has 0 unspecified atom stereocenters. The van der Waals surface area contributed by atoms with Crippen molar-refractivity contribution in [2.45, 2.75) is 117 Å². The van der Waals surface area contributed by atoms with E-state index < -0.39 is 29.0 Å². The Kier molecular flexibility index (Phi) is 7.80. The van der Waals surface area contributed by atoms with Gasteiger partial charge in [-0.2, -0.15) is 0 Å². The first-order chi connectivity index (χ1) is 22.9. The van der Waals surface area contributed by atoms with E-state index in [0.29, 0.717) is 6.42 Å². The van der Waals surface area contributed by atoms with Gasteiger partial charge >= 0.3 is 11.9 Å². The lowest BCUT2D eigenvalue weighted by atomic mass is 9.45. The van der Waals surface area contributed by atoms with Crippen LogP contribution in [0.3, 0.4) is 0 Å². The van der Waals surface area contributed by atoms with Crippen molar-refractivity contribution in [1.29, 1.82) is 0 Å². The van der Waals surface area contributed by atoms with Crippen LogP contribution >= 0.6 is 0 Å². The number of methoxy groups -OCH3 is 1. The van der Waals surface area contributed by atoms with Gasteiger partial charge < -0.3 is 14.2 Å². The molecule has 2 aromatic carbocycles. The van der Waals surface area contributed by atoms with Gasteiger partial charge in [-0.3, -0.25) is 14.4 Å². The molecule has 3 fully saturated rings. The predicted octanol–water partition coefficient (Wildman–Crippen LogP) is 8.41. The Morgan fingerprint density at radius 3 is 2.14 bits per heavy atom. The molecule has 3 aliphatic carbocycles. The first-order valence-corrected chi connectivity index (χ1v) is 18.0. The van der Waals surface area contributed by atoms with Gasteiger partial charge in [-0.05, 0) is 88.8 Å². The standard InChI is InChI=1S/C43H52O6/c1-23-29(25-13-11-24(12-14-25)26-17-27(40(2,3)4)19-28(18-26)41(5,6)7)21-33-30(23)20-31-32(22-35(45)47-10)43(9)34(44)15-16-42(8)38(43)37(36(31)48-33)49-39(42)46/h11-19,29,31-33,36-38H,20-22H2,1-10H3/t29-,31+,32+,33-,36+,37+,38+,42-,43+/m1/s1. The monoisotopic (exact) mass is 664 g/mol. The predicted molar refractivity (Wildman–Crippen MR) is 190 cm³/mol. The van der Waals surface area contributed by atoms with Crippen LogP contribution in [-0.4, -0.2) is 43.1 Å². The zero-order valence-corrected chi connectivity index (χ0v) is 30.8. The summed E-state index contributed by atoms with van der Waals surface area (Å²) < 4.78 is 18.3.